The Kier molecular flexibility index (Phi) is 5.53. The summed E-state index contributed by atoms with van der Waals surface area (Å²) in [7, 11) is 0. The van der Waals surface area contributed by atoms with Crippen molar-refractivity contribution in [2.75, 3.05) is 10.2 Å². The first-order chi connectivity index (χ1) is 21.8. The molecule has 1 N–H and O–H groups in total. The highest BCUT2D eigenvalue weighted by Gasteiger charge is 2.28. The number of fused-ring (bicyclic) bond motifs is 6. The molecule has 0 aliphatic carbocycles. The van der Waals surface area contributed by atoms with E-state index in [-0.39, 0.29) is 6.17 Å². The molecular weight excluding hydrogens is 538 g/mol. The fourth-order valence-electron chi connectivity index (χ4n) is 6.46. The summed E-state index contributed by atoms with van der Waals surface area (Å²) in [6.07, 6.45) is 10.4. The Labute approximate surface area is 255 Å². The summed E-state index contributed by atoms with van der Waals surface area (Å²) in [6, 6.07) is 42.9. The average Bonchev–Trinajstić information content (AvgIpc) is 3.65. The van der Waals surface area contributed by atoms with Crippen molar-refractivity contribution < 1.29 is 4.42 Å². The highest BCUT2D eigenvalue weighted by atomic mass is 16.3. The van der Waals surface area contributed by atoms with Gasteiger partial charge in [-0.15, -0.1) is 0 Å². The molecule has 0 amide bonds. The Balaban J connectivity index is 1.01. The van der Waals surface area contributed by atoms with Gasteiger partial charge in [-0.05, 0) is 99.1 Å². The largest absolute Gasteiger partial charge is 0.456 e. The summed E-state index contributed by atoms with van der Waals surface area (Å²) in [4.78, 5) is 6.55. The van der Waals surface area contributed by atoms with E-state index in [0.717, 1.165) is 33.2 Å². The van der Waals surface area contributed by atoms with Crippen LogP contribution in [0.2, 0.25) is 0 Å². The molecule has 7 aromatic rings. The number of aromatic nitrogens is 1. The minimum Gasteiger partial charge on any atom is -0.456 e. The van der Waals surface area contributed by atoms with Gasteiger partial charge in [-0.1, -0.05) is 78.9 Å². The van der Waals surface area contributed by atoms with Gasteiger partial charge in [0.25, 0.3) is 0 Å². The molecule has 2 aliphatic heterocycles. The van der Waals surface area contributed by atoms with Crippen molar-refractivity contribution in [3.8, 4) is 33.4 Å². The average molecular weight is 566 g/mol. The standard InChI is InChI=1S/C40H27N3O/c1-2-5-26(6-3-1)29-13-16-38-34(21-29)35-22-30(14-17-39(35)44-38)31-12-15-37-36(23-31)42-40-24-32(18-20-43(37)40)27-8-10-28(11-9-27)33-7-4-19-41-25-33/h1-25,40,42H. The summed E-state index contributed by atoms with van der Waals surface area (Å²) in [6.45, 7) is 0. The van der Waals surface area contributed by atoms with Crippen LogP contribution in [0.4, 0.5) is 11.4 Å². The quantitative estimate of drug-likeness (QED) is 0.231. The maximum absolute atomic E-state index is 6.21. The number of benzene rings is 5. The van der Waals surface area contributed by atoms with Crippen LogP contribution in [0, 0.1) is 0 Å². The van der Waals surface area contributed by atoms with Crippen LogP contribution in [-0.4, -0.2) is 11.1 Å². The molecule has 0 fully saturated rings. The Morgan fingerprint density at radius 1 is 0.591 bits per heavy atom. The van der Waals surface area contributed by atoms with Crippen LogP contribution in [0.1, 0.15) is 5.56 Å². The zero-order valence-electron chi connectivity index (χ0n) is 23.8. The highest BCUT2D eigenvalue weighted by molar-refractivity contribution is 6.07. The molecule has 4 nitrogen and oxygen atoms in total. The van der Waals surface area contributed by atoms with Crippen LogP contribution in [-0.2, 0) is 0 Å². The summed E-state index contributed by atoms with van der Waals surface area (Å²) in [5.41, 5.74) is 13.5. The number of allylic oxidation sites excluding steroid dienone is 2. The molecule has 1 unspecified atom stereocenters. The molecule has 4 heteroatoms. The molecule has 4 heterocycles. The predicted molar refractivity (Wildman–Crippen MR) is 181 cm³/mol. The third-order valence-corrected chi connectivity index (χ3v) is 8.75. The van der Waals surface area contributed by atoms with Crippen molar-refractivity contribution in [1.29, 1.82) is 0 Å². The van der Waals surface area contributed by atoms with Gasteiger partial charge in [-0.25, -0.2) is 0 Å². The number of furan rings is 1. The van der Waals surface area contributed by atoms with Gasteiger partial charge in [-0.3, -0.25) is 4.98 Å². The predicted octanol–water partition coefficient (Wildman–Crippen LogP) is 10.2. The van der Waals surface area contributed by atoms with E-state index >= 15 is 0 Å². The number of anilines is 2. The van der Waals surface area contributed by atoms with E-state index in [4.69, 9.17) is 4.42 Å². The van der Waals surface area contributed by atoms with Crippen molar-refractivity contribution in [3.05, 3.63) is 158 Å². The fraction of sp³-hybridized carbons (Fsp3) is 0.0250. The monoisotopic (exact) mass is 565 g/mol. The maximum Gasteiger partial charge on any atom is 0.135 e. The van der Waals surface area contributed by atoms with Crippen molar-refractivity contribution in [2.45, 2.75) is 6.17 Å². The van der Waals surface area contributed by atoms with Gasteiger partial charge < -0.3 is 14.6 Å². The summed E-state index contributed by atoms with van der Waals surface area (Å²) in [5, 5.41) is 6.01. The van der Waals surface area contributed by atoms with Gasteiger partial charge >= 0.3 is 0 Å². The van der Waals surface area contributed by atoms with Crippen LogP contribution in [0.5, 0.6) is 0 Å². The lowest BCUT2D eigenvalue weighted by atomic mass is 9.99. The first-order valence-corrected chi connectivity index (χ1v) is 14.9. The van der Waals surface area contributed by atoms with Crippen LogP contribution >= 0.6 is 0 Å². The number of hydrogen-bond donors (Lipinski definition) is 1. The van der Waals surface area contributed by atoms with Gasteiger partial charge in [-0.2, -0.15) is 0 Å². The molecule has 0 saturated carbocycles. The lowest BCUT2D eigenvalue weighted by molar-refractivity contribution is 0.669. The lowest BCUT2D eigenvalue weighted by Gasteiger charge is -2.25. The molecule has 2 aromatic heterocycles. The van der Waals surface area contributed by atoms with Gasteiger partial charge in [0.1, 0.15) is 17.3 Å². The first kappa shape index (κ1) is 24.7. The molecule has 1 atom stereocenters. The maximum atomic E-state index is 6.21. The molecule has 2 aliphatic rings. The zero-order valence-corrected chi connectivity index (χ0v) is 23.8. The second-order valence-corrected chi connectivity index (χ2v) is 11.4. The van der Waals surface area contributed by atoms with Gasteiger partial charge in [0, 0.05) is 29.4 Å². The molecule has 0 bridgehead atoms. The molecule has 44 heavy (non-hydrogen) atoms. The molecular formula is C40H27N3O. The Hall–Kier alpha value is -5.87. The van der Waals surface area contributed by atoms with Crippen molar-refractivity contribution in [3.63, 3.8) is 0 Å². The van der Waals surface area contributed by atoms with E-state index in [1.807, 2.05) is 18.3 Å². The first-order valence-electron chi connectivity index (χ1n) is 14.9. The number of nitrogens with zero attached hydrogens (tertiary/aromatic N) is 2. The van der Waals surface area contributed by atoms with Gasteiger partial charge in [0.05, 0.1) is 11.4 Å². The third-order valence-electron chi connectivity index (χ3n) is 8.75. The van der Waals surface area contributed by atoms with E-state index < -0.39 is 0 Å². The minimum absolute atomic E-state index is 0.0648. The summed E-state index contributed by atoms with van der Waals surface area (Å²) in [5.74, 6) is 0. The highest BCUT2D eigenvalue weighted by Crippen LogP contribution is 2.42. The van der Waals surface area contributed by atoms with Crippen LogP contribution in [0.15, 0.2) is 156 Å². The molecule has 0 radical (unpaired) electrons. The number of rotatable bonds is 4. The zero-order chi connectivity index (χ0) is 29.0. The van der Waals surface area contributed by atoms with Crippen molar-refractivity contribution in [2.24, 2.45) is 0 Å². The Morgan fingerprint density at radius 2 is 1.23 bits per heavy atom. The van der Waals surface area contributed by atoms with Crippen LogP contribution in [0.25, 0.3) is 60.9 Å². The second kappa shape index (κ2) is 9.85. The Bertz CT molecular complexity index is 2250. The number of pyridine rings is 1. The molecule has 208 valence electrons. The third kappa shape index (κ3) is 4.11. The van der Waals surface area contributed by atoms with Gasteiger partial charge in [0.15, 0.2) is 0 Å². The van der Waals surface area contributed by atoms with Gasteiger partial charge in [0.2, 0.25) is 0 Å². The van der Waals surface area contributed by atoms with Crippen molar-refractivity contribution >= 4 is 38.9 Å². The molecule has 5 aromatic carbocycles. The van der Waals surface area contributed by atoms with E-state index in [1.54, 1.807) is 6.20 Å². The number of nitrogens with one attached hydrogen (secondary N) is 1. The van der Waals surface area contributed by atoms with E-state index in [2.05, 4.69) is 143 Å². The topological polar surface area (TPSA) is 41.3 Å². The van der Waals surface area contributed by atoms with E-state index in [9.17, 15) is 0 Å². The lowest BCUT2D eigenvalue weighted by Crippen LogP contribution is -2.31. The second-order valence-electron chi connectivity index (χ2n) is 11.4. The molecule has 9 rings (SSSR count). The summed E-state index contributed by atoms with van der Waals surface area (Å²) >= 11 is 0. The van der Waals surface area contributed by atoms with E-state index in [1.165, 1.54) is 44.6 Å². The van der Waals surface area contributed by atoms with Crippen LogP contribution < -0.4 is 10.2 Å². The van der Waals surface area contributed by atoms with E-state index in [0.29, 0.717) is 0 Å². The Morgan fingerprint density at radius 3 is 1.98 bits per heavy atom. The molecule has 0 saturated heterocycles. The minimum atomic E-state index is 0.0648. The van der Waals surface area contributed by atoms with Crippen LogP contribution in [0.3, 0.4) is 0 Å². The summed E-state index contributed by atoms with van der Waals surface area (Å²) < 4.78 is 6.21. The van der Waals surface area contributed by atoms with Crippen molar-refractivity contribution in [1.82, 2.24) is 4.98 Å². The molecule has 0 spiro atoms. The fourth-order valence-corrected chi connectivity index (χ4v) is 6.46. The smallest absolute Gasteiger partial charge is 0.135 e. The SMILES string of the molecule is C1=CN2c3ccc(-c4ccc5oc6ccc(-c7ccccc7)cc6c5c4)cc3NC2C=C1c1ccc(-c2cccnc2)cc1. The normalized spacial score (nSPS) is 15.2. The number of hydrogen-bond acceptors (Lipinski definition) is 4.